The lowest BCUT2D eigenvalue weighted by molar-refractivity contribution is 0.00897. The highest BCUT2D eigenvalue weighted by atomic mass is 35.5. The van der Waals surface area contributed by atoms with Crippen LogP contribution >= 0.6 is 11.6 Å². The Bertz CT molecular complexity index is 1150. The number of carbonyl (C=O) groups excluding carboxylic acids is 1. The van der Waals surface area contributed by atoms with E-state index < -0.39 is 27.5 Å². The van der Waals surface area contributed by atoms with Crippen molar-refractivity contribution in [1.29, 1.82) is 0 Å². The minimum atomic E-state index is -1.61. The van der Waals surface area contributed by atoms with Gasteiger partial charge >= 0.3 is 0 Å². The van der Waals surface area contributed by atoms with Crippen LogP contribution in [0.5, 0.6) is 0 Å². The molecule has 36 heavy (non-hydrogen) atoms. The molecule has 2 aromatic rings. The number of rotatable bonds is 6. The number of nitrogens with one attached hydrogen (secondary N) is 1. The van der Waals surface area contributed by atoms with Crippen molar-refractivity contribution < 1.29 is 13.6 Å². The maximum absolute atomic E-state index is 16.8. The molecule has 0 radical (unpaired) electrons. The van der Waals surface area contributed by atoms with Gasteiger partial charge in [0.15, 0.2) is 0 Å². The van der Waals surface area contributed by atoms with E-state index in [0.29, 0.717) is 5.82 Å². The van der Waals surface area contributed by atoms with E-state index >= 15 is 4.39 Å². The number of benzene rings is 1. The molecule has 3 rings (SSSR count). The summed E-state index contributed by atoms with van der Waals surface area (Å²) in [7, 11) is 17.6. The normalized spacial score (nSPS) is 20.7. The van der Waals surface area contributed by atoms with E-state index in [-0.39, 0.29) is 41.0 Å². The van der Waals surface area contributed by atoms with E-state index in [1.165, 1.54) is 18.2 Å². The zero-order valence-corrected chi connectivity index (χ0v) is 23.6. The fourth-order valence-electron chi connectivity index (χ4n) is 5.14. The van der Waals surface area contributed by atoms with E-state index in [2.05, 4.69) is 38.8 Å². The quantitative estimate of drug-likeness (QED) is 0.401. The largest absolute Gasteiger partial charge is 0.349 e. The first kappa shape index (κ1) is 29.0. The summed E-state index contributed by atoms with van der Waals surface area (Å²) in [5.74, 6) is -0.281. The number of amides is 1. The smallest absolute Gasteiger partial charge is 0.253 e. The van der Waals surface area contributed by atoms with Crippen LogP contribution in [0, 0.1) is 5.82 Å². The van der Waals surface area contributed by atoms with Crippen molar-refractivity contribution in [2.45, 2.75) is 39.6 Å². The summed E-state index contributed by atoms with van der Waals surface area (Å²) in [5.41, 5.74) is -0.296. The van der Waals surface area contributed by atoms with Crippen LogP contribution in [0.4, 0.5) is 8.78 Å². The Labute approximate surface area is 226 Å². The number of hydrogen-bond acceptors (Lipinski definition) is 4. The Balaban J connectivity index is 1.80. The summed E-state index contributed by atoms with van der Waals surface area (Å²) in [6, 6.07) is 3.92. The van der Waals surface area contributed by atoms with Gasteiger partial charge in [0.2, 0.25) is 0 Å². The highest BCUT2D eigenvalue weighted by Gasteiger charge is 2.54. The summed E-state index contributed by atoms with van der Waals surface area (Å²) >= 11 is 5.89. The van der Waals surface area contributed by atoms with Crippen molar-refractivity contribution in [2.75, 3.05) is 6.54 Å². The van der Waals surface area contributed by atoms with Gasteiger partial charge in [-0.1, -0.05) is 16.7 Å². The zero-order chi connectivity index (χ0) is 27.3. The molecule has 1 aromatic heterocycles. The molecule has 2 heterocycles. The van der Waals surface area contributed by atoms with Crippen LogP contribution in [0.1, 0.15) is 34.6 Å². The Morgan fingerprint density at radius 2 is 1.67 bits per heavy atom. The van der Waals surface area contributed by atoms with Gasteiger partial charge in [0.1, 0.15) is 64.4 Å². The maximum Gasteiger partial charge on any atom is 0.253 e. The van der Waals surface area contributed by atoms with Gasteiger partial charge < -0.3 is 10.2 Å². The molecule has 17 heteroatoms. The lowest BCUT2D eigenvalue weighted by Gasteiger charge is -2.55. The molecule has 1 aliphatic rings. The molecule has 1 saturated heterocycles. The standard InChI is InChI=1S/C19H30B9ClF2N4O/c20-16(21)8-15(31,3-4-35(16)13(36)9-1-2-12(30)11(29)5-9)19(27,28)34-18(25,26)14-32-6-10(7-33-14)17(22,23)24/h1-2,5-7,34H,3-4,8,20-28H2. The third-order valence-electron chi connectivity index (χ3n) is 7.41. The van der Waals surface area contributed by atoms with Gasteiger partial charge in [-0.15, -0.1) is 0 Å². The molecule has 1 N–H and O–H groups in total. The average Bonchev–Trinajstić information content (AvgIpc) is 2.73. The van der Waals surface area contributed by atoms with Gasteiger partial charge in [-0.25, -0.2) is 18.7 Å². The molecular formula is C19H30B9ClF2N4O. The third-order valence-corrected chi connectivity index (χ3v) is 7.70. The lowest BCUT2D eigenvalue weighted by atomic mass is 9.40. The highest BCUT2D eigenvalue weighted by molar-refractivity contribution is 6.58. The molecule has 1 fully saturated rings. The monoisotopic (exact) mass is 502 g/mol. The minimum absolute atomic E-state index is 0.0609. The van der Waals surface area contributed by atoms with E-state index in [1.54, 1.807) is 4.90 Å². The van der Waals surface area contributed by atoms with Crippen LogP contribution in [0.25, 0.3) is 0 Å². The molecule has 180 valence electrons. The summed E-state index contributed by atoms with van der Waals surface area (Å²) < 4.78 is 30.4. The highest BCUT2D eigenvalue weighted by Crippen LogP contribution is 2.41. The minimum Gasteiger partial charge on any atom is -0.349 e. The first-order valence-corrected chi connectivity index (χ1v) is 12.8. The van der Waals surface area contributed by atoms with Crippen LogP contribution < -0.4 is 5.32 Å². The fourth-order valence-corrected chi connectivity index (χ4v) is 5.32. The Kier molecular flexibility index (Phi) is 7.78. The van der Waals surface area contributed by atoms with Crippen molar-refractivity contribution in [3.05, 3.63) is 58.4 Å². The number of likely N-dealkylation sites (tertiary alicyclic amines) is 1. The van der Waals surface area contributed by atoms with E-state index in [0.717, 1.165) is 5.56 Å². The Morgan fingerprint density at radius 1 is 1.08 bits per heavy atom. The van der Waals surface area contributed by atoms with Crippen LogP contribution in [0.15, 0.2) is 30.6 Å². The molecule has 0 aliphatic carbocycles. The molecular weight excluding hydrogens is 471 g/mol. The number of hydrogen-bond donors (Lipinski definition) is 1. The SMILES string of the molecule is BC(B)(B)c1cnc(C(B)(B)NC(B)(B)C2(F)CCN(C(=O)c3ccc(F)c(Cl)c3)C(B)(B)C2)nc1. The Morgan fingerprint density at radius 3 is 2.17 bits per heavy atom. The second-order valence-corrected chi connectivity index (χ2v) is 13.1. The second-order valence-electron chi connectivity index (χ2n) is 12.7. The average molecular weight is 501 g/mol. The molecule has 1 atom stereocenters. The maximum atomic E-state index is 16.8. The summed E-state index contributed by atoms with van der Waals surface area (Å²) in [5, 5.41) is 0.888. The number of alkyl halides is 1. The van der Waals surface area contributed by atoms with Crippen LogP contribution in [-0.2, 0) is 10.5 Å². The number of carbonyl (C=O) groups is 1. The van der Waals surface area contributed by atoms with E-state index in [9.17, 15) is 9.18 Å². The summed E-state index contributed by atoms with van der Waals surface area (Å²) in [4.78, 5) is 24.1. The van der Waals surface area contributed by atoms with Gasteiger partial charge in [0, 0.05) is 29.8 Å². The van der Waals surface area contributed by atoms with Gasteiger partial charge in [0.25, 0.3) is 5.91 Å². The predicted molar refractivity (Wildman–Crippen MR) is 166 cm³/mol. The van der Waals surface area contributed by atoms with Gasteiger partial charge in [-0.05, 0) is 47.3 Å². The number of aromatic nitrogens is 2. The predicted octanol–water partition coefficient (Wildman–Crippen LogP) is -6.27. The summed E-state index contributed by atoms with van der Waals surface area (Å²) in [6.07, 6.45) is 3.94. The topological polar surface area (TPSA) is 58.1 Å². The Hall–Kier alpha value is -1.54. The number of piperidine rings is 1. The van der Waals surface area contributed by atoms with Crippen molar-refractivity contribution in [2.24, 2.45) is 0 Å². The fraction of sp³-hybridized carbons (Fsp3) is 0.421. The third kappa shape index (κ3) is 5.80. The van der Waals surface area contributed by atoms with Crippen LogP contribution in [0.2, 0.25) is 5.02 Å². The molecule has 0 bridgehead atoms. The molecule has 1 unspecified atom stereocenters. The first-order valence-electron chi connectivity index (χ1n) is 12.4. The van der Waals surface area contributed by atoms with Crippen molar-refractivity contribution in [1.82, 2.24) is 20.2 Å². The lowest BCUT2D eigenvalue weighted by Crippen LogP contribution is -2.73. The van der Waals surface area contributed by atoms with Crippen LogP contribution in [-0.4, -0.2) is 114 Å². The second kappa shape index (κ2) is 9.65. The zero-order valence-electron chi connectivity index (χ0n) is 22.9. The van der Waals surface area contributed by atoms with Gasteiger partial charge in [-0.2, -0.15) is 0 Å². The molecule has 0 saturated carbocycles. The van der Waals surface area contributed by atoms with Gasteiger partial charge in [-0.3, -0.25) is 4.79 Å². The van der Waals surface area contributed by atoms with E-state index in [4.69, 9.17) is 11.6 Å². The van der Waals surface area contributed by atoms with Crippen molar-refractivity contribution in [3.8, 4) is 0 Å². The van der Waals surface area contributed by atoms with Crippen molar-refractivity contribution in [3.63, 3.8) is 0 Å². The first-order chi connectivity index (χ1) is 16.3. The summed E-state index contributed by atoms with van der Waals surface area (Å²) in [6.45, 7) is 0.222. The molecule has 1 aromatic carbocycles. The van der Waals surface area contributed by atoms with Gasteiger partial charge in [0.05, 0.1) is 28.6 Å². The number of nitrogens with zero attached hydrogens (tertiary/aromatic N) is 3. The molecule has 5 nitrogen and oxygen atoms in total. The molecule has 1 aliphatic heterocycles. The molecule has 1 amide bonds. The molecule has 0 spiro atoms. The van der Waals surface area contributed by atoms with E-state index in [1.807, 2.05) is 59.5 Å². The number of halogens is 3. The van der Waals surface area contributed by atoms with Crippen LogP contribution in [0.3, 0.4) is 0 Å². The van der Waals surface area contributed by atoms with Crippen molar-refractivity contribution >= 4 is 88.1 Å².